The van der Waals surface area contributed by atoms with Crippen LogP contribution in [-0.4, -0.2) is 37.0 Å². The van der Waals surface area contributed by atoms with Crippen molar-refractivity contribution in [3.63, 3.8) is 0 Å². The lowest BCUT2D eigenvalue weighted by Crippen LogP contribution is -2.56. The Morgan fingerprint density at radius 2 is 1.50 bits per heavy atom. The molecule has 1 atom stereocenters. The number of carbonyl (C=O) groups excluding carboxylic acids is 1. The second-order valence-corrected chi connectivity index (χ2v) is 2.29. The Hall–Kier alpha value is -0.720. The Balaban J connectivity index is 5.02. The first-order chi connectivity index (χ1) is 5.14. The molecule has 1 unspecified atom stereocenters. The maximum Gasteiger partial charge on any atom is 0.447 e. The molecule has 0 aromatic carbocycles. The van der Waals surface area contributed by atoms with Crippen LogP contribution in [0.1, 0.15) is 0 Å². The first-order valence-electron chi connectivity index (χ1n) is 2.77. The molecule has 2 nitrogen and oxygen atoms in total. The van der Waals surface area contributed by atoms with Gasteiger partial charge < -0.3 is 0 Å². The highest BCUT2D eigenvalue weighted by Gasteiger charge is 2.64. The zero-order valence-corrected chi connectivity index (χ0v) is 6.25. The molecule has 0 heterocycles. The van der Waals surface area contributed by atoms with Crippen LogP contribution >= 0.6 is 0 Å². The fourth-order valence-corrected chi connectivity index (χ4v) is 0.541. The van der Waals surface area contributed by atoms with Crippen molar-refractivity contribution in [3.8, 4) is 0 Å². The van der Waals surface area contributed by atoms with Gasteiger partial charge in [-0.1, -0.05) is 0 Å². The predicted octanol–water partition coefficient (Wildman–Crippen LogP) is 1.27. The number of alkyl halides is 4. The lowest BCUT2D eigenvalue weighted by atomic mass is 10.2. The van der Waals surface area contributed by atoms with E-state index in [1.54, 1.807) is 0 Å². The number of rotatable bonds is 2. The molecule has 12 heavy (non-hydrogen) atoms. The molecule has 72 valence electrons. The quantitative estimate of drug-likeness (QED) is 0.372. The first-order valence-corrected chi connectivity index (χ1v) is 2.77. The Labute approximate surface area is 64.9 Å². The van der Waals surface area contributed by atoms with Crippen LogP contribution in [0.25, 0.3) is 0 Å². The van der Waals surface area contributed by atoms with Gasteiger partial charge in [-0.2, -0.15) is 17.6 Å². The topological polar surface area (TPSA) is 20.3 Å². The van der Waals surface area contributed by atoms with E-state index in [2.05, 4.69) is 0 Å². The molecular weight excluding hydrogens is 185 g/mol. The van der Waals surface area contributed by atoms with Gasteiger partial charge in [-0.3, -0.25) is 9.69 Å². The van der Waals surface area contributed by atoms with Crippen LogP contribution in [0.5, 0.6) is 0 Å². The minimum absolute atomic E-state index is 0.171. The average Bonchev–Trinajstić information content (AvgIpc) is 1.82. The molecule has 0 aliphatic heterocycles. The van der Waals surface area contributed by atoms with Gasteiger partial charge in [-0.15, -0.1) is 0 Å². The lowest BCUT2D eigenvalue weighted by Gasteiger charge is -2.28. The molecule has 0 aromatic rings. The summed E-state index contributed by atoms with van der Waals surface area (Å²) in [6.07, 6.45) is -5.57. The van der Waals surface area contributed by atoms with Crippen LogP contribution in [0.4, 0.5) is 22.0 Å². The number of likely N-dealkylation sites (N-methyl/N-ethyl adjacent to an activating group) is 1. The van der Waals surface area contributed by atoms with E-state index in [1.165, 1.54) is 0 Å². The molecule has 0 aliphatic carbocycles. The Bertz CT molecular complexity index is 189. The zero-order chi connectivity index (χ0) is 10.2. The maximum atomic E-state index is 12.6. The molecule has 0 saturated carbocycles. The van der Waals surface area contributed by atoms with Crippen molar-refractivity contribution < 1.29 is 26.7 Å². The first kappa shape index (κ1) is 11.3. The van der Waals surface area contributed by atoms with Gasteiger partial charge in [0.15, 0.2) is 0 Å². The van der Waals surface area contributed by atoms with Gasteiger partial charge in [-0.05, 0) is 14.1 Å². The zero-order valence-electron chi connectivity index (χ0n) is 6.25. The Kier molecular flexibility index (Phi) is 2.79. The highest BCUT2D eigenvalue weighted by Crippen LogP contribution is 2.36. The van der Waals surface area contributed by atoms with Gasteiger partial charge in [0.1, 0.15) is 0 Å². The van der Waals surface area contributed by atoms with Crippen molar-refractivity contribution in [2.24, 2.45) is 0 Å². The predicted molar refractivity (Wildman–Crippen MR) is 29.7 cm³/mol. The van der Waals surface area contributed by atoms with Crippen molar-refractivity contribution >= 4 is 6.04 Å². The van der Waals surface area contributed by atoms with Gasteiger partial charge in [0, 0.05) is 0 Å². The smallest absolute Gasteiger partial charge is 0.261 e. The van der Waals surface area contributed by atoms with E-state index in [9.17, 15) is 26.7 Å². The van der Waals surface area contributed by atoms with E-state index in [4.69, 9.17) is 0 Å². The van der Waals surface area contributed by atoms with Crippen molar-refractivity contribution in [3.05, 3.63) is 0 Å². The van der Waals surface area contributed by atoms with Crippen molar-refractivity contribution in [2.45, 2.75) is 12.0 Å². The Morgan fingerprint density at radius 3 is 1.50 bits per heavy atom. The summed E-state index contributed by atoms with van der Waals surface area (Å²) < 4.78 is 59.5. The van der Waals surface area contributed by atoms with Crippen LogP contribution in [0.3, 0.4) is 0 Å². The number of halogens is 5. The summed E-state index contributed by atoms with van der Waals surface area (Å²) in [5.74, 6) is -4.53. The van der Waals surface area contributed by atoms with E-state index >= 15 is 0 Å². The van der Waals surface area contributed by atoms with E-state index in [0.29, 0.717) is 14.1 Å². The molecule has 0 aliphatic rings. The van der Waals surface area contributed by atoms with Gasteiger partial charge in [-0.25, -0.2) is 4.39 Å². The largest absolute Gasteiger partial charge is 0.447 e. The molecular formula is C5H6F5NO. The second kappa shape index (κ2) is 2.96. The molecule has 0 radical (unpaired) electrons. The van der Waals surface area contributed by atoms with Crippen LogP contribution in [0, 0.1) is 0 Å². The highest BCUT2D eigenvalue weighted by atomic mass is 19.4. The minimum atomic E-state index is -5.57. The van der Waals surface area contributed by atoms with Crippen LogP contribution in [-0.2, 0) is 4.79 Å². The van der Waals surface area contributed by atoms with E-state index in [1.807, 2.05) is 0 Å². The SMILES string of the molecule is CN(C)C(F)(C(=O)F)C(F)(F)F. The monoisotopic (exact) mass is 191 g/mol. The molecule has 0 amide bonds. The van der Waals surface area contributed by atoms with Crippen LogP contribution in [0.15, 0.2) is 0 Å². The molecule has 0 saturated heterocycles. The fraction of sp³-hybridized carbons (Fsp3) is 0.800. The summed E-state index contributed by atoms with van der Waals surface area (Å²) in [5.41, 5.74) is 0. The number of carbonyl (C=O) groups is 1. The molecule has 0 spiro atoms. The average molecular weight is 191 g/mol. The third kappa shape index (κ3) is 1.55. The number of hydrogen-bond acceptors (Lipinski definition) is 2. The standard InChI is InChI=1S/C5H6F5NO/c1-11(2)4(7,3(6)12)5(8,9)10/h1-2H3. The summed E-state index contributed by atoms with van der Waals surface area (Å²) in [7, 11) is 1.23. The van der Waals surface area contributed by atoms with Gasteiger partial charge in [0.25, 0.3) is 0 Å². The van der Waals surface area contributed by atoms with Gasteiger partial charge in [0.2, 0.25) is 0 Å². The molecule has 0 rings (SSSR count). The molecule has 0 bridgehead atoms. The van der Waals surface area contributed by atoms with Crippen molar-refractivity contribution in [1.82, 2.24) is 4.90 Å². The summed E-state index contributed by atoms with van der Waals surface area (Å²) in [5, 5.41) is 0. The van der Waals surface area contributed by atoms with Crippen LogP contribution < -0.4 is 0 Å². The van der Waals surface area contributed by atoms with Crippen molar-refractivity contribution in [1.29, 1.82) is 0 Å². The number of hydrogen-bond donors (Lipinski definition) is 0. The molecule has 0 N–H and O–H groups in total. The summed E-state index contributed by atoms with van der Waals surface area (Å²) >= 11 is 0. The van der Waals surface area contributed by atoms with Crippen LogP contribution in [0.2, 0.25) is 0 Å². The summed E-state index contributed by atoms with van der Waals surface area (Å²) in [6.45, 7) is 0. The molecule has 0 fully saturated rings. The summed E-state index contributed by atoms with van der Waals surface area (Å²) in [6, 6.07) is -3.07. The maximum absolute atomic E-state index is 12.6. The summed E-state index contributed by atoms with van der Waals surface area (Å²) in [4.78, 5) is 9.58. The molecule has 0 aromatic heterocycles. The van der Waals surface area contributed by atoms with Crippen molar-refractivity contribution in [2.75, 3.05) is 14.1 Å². The molecule has 7 heteroatoms. The third-order valence-corrected chi connectivity index (χ3v) is 1.25. The Morgan fingerprint density at radius 1 is 1.17 bits per heavy atom. The normalized spacial score (nSPS) is 17.7. The lowest BCUT2D eigenvalue weighted by molar-refractivity contribution is -0.268. The van der Waals surface area contributed by atoms with Gasteiger partial charge in [0.05, 0.1) is 0 Å². The third-order valence-electron chi connectivity index (χ3n) is 1.25. The number of nitrogens with zero attached hydrogens (tertiary/aromatic N) is 1. The van der Waals surface area contributed by atoms with E-state index in [0.717, 1.165) is 0 Å². The van der Waals surface area contributed by atoms with Gasteiger partial charge >= 0.3 is 18.0 Å². The van der Waals surface area contributed by atoms with E-state index < -0.39 is 18.0 Å². The highest BCUT2D eigenvalue weighted by molar-refractivity contribution is 5.78. The van der Waals surface area contributed by atoms with E-state index in [-0.39, 0.29) is 4.90 Å². The fourth-order valence-electron chi connectivity index (χ4n) is 0.541. The minimum Gasteiger partial charge on any atom is -0.261 e. The second-order valence-electron chi connectivity index (χ2n) is 2.29.